The molecule has 0 unspecified atom stereocenters. The minimum atomic E-state index is -4.44. The molecule has 2 aliphatic rings. The number of hydrogen-bond donors (Lipinski definition) is 3. The standard InChI is InChI=1S/C25H29F3N6O/c1-15-2-3-17(11-29-15)16-4-7-20(8-5-16)34-13-19(14-34)31-23(35)12-30-24-21-10-18(25(26,27)28)6-9-22(21)32-33-24/h2-3,6,9-11,16,19-20H,4-5,7-8,12-14H2,1H3,(H,31,35)(H2,30,32,33). The van der Waals surface area contributed by atoms with Crippen LogP contribution in [0.3, 0.4) is 0 Å². The maximum absolute atomic E-state index is 13.0. The van der Waals surface area contributed by atoms with Crippen molar-refractivity contribution >= 4 is 22.6 Å². The largest absolute Gasteiger partial charge is 0.416 e. The molecule has 7 nitrogen and oxygen atoms in total. The maximum Gasteiger partial charge on any atom is 0.416 e. The van der Waals surface area contributed by atoms with Gasteiger partial charge in [-0.25, -0.2) is 0 Å². The number of aromatic nitrogens is 3. The monoisotopic (exact) mass is 486 g/mol. The molecule has 1 amide bonds. The lowest BCUT2D eigenvalue weighted by molar-refractivity contribution is -0.137. The van der Waals surface area contributed by atoms with E-state index in [-0.39, 0.29) is 24.3 Å². The second kappa shape index (κ2) is 9.49. The number of hydrogen-bond acceptors (Lipinski definition) is 5. The van der Waals surface area contributed by atoms with Crippen molar-refractivity contribution in [2.75, 3.05) is 25.0 Å². The highest BCUT2D eigenvalue weighted by molar-refractivity contribution is 5.92. The van der Waals surface area contributed by atoms with Gasteiger partial charge in [-0.15, -0.1) is 0 Å². The van der Waals surface area contributed by atoms with E-state index in [0.29, 0.717) is 22.9 Å². The van der Waals surface area contributed by atoms with Crippen LogP contribution in [0.1, 0.15) is 48.4 Å². The number of pyridine rings is 1. The molecule has 1 saturated heterocycles. The first kappa shape index (κ1) is 23.6. The fourth-order valence-corrected chi connectivity index (χ4v) is 5.16. The van der Waals surface area contributed by atoms with Gasteiger partial charge in [0.1, 0.15) is 0 Å². The number of aryl methyl sites for hydroxylation is 1. The van der Waals surface area contributed by atoms with Gasteiger partial charge >= 0.3 is 6.18 Å². The van der Waals surface area contributed by atoms with Gasteiger partial charge in [0.05, 0.1) is 23.7 Å². The minimum absolute atomic E-state index is 0.0532. The number of rotatable bonds is 6. The predicted molar refractivity (Wildman–Crippen MR) is 127 cm³/mol. The first-order valence-electron chi connectivity index (χ1n) is 12.0. The van der Waals surface area contributed by atoms with Crippen molar-refractivity contribution in [1.29, 1.82) is 0 Å². The number of H-pyrrole nitrogens is 1. The second-order valence-electron chi connectivity index (χ2n) is 9.64. The first-order chi connectivity index (χ1) is 16.8. The average molecular weight is 487 g/mol. The Morgan fingerprint density at radius 2 is 1.91 bits per heavy atom. The number of carbonyl (C=O) groups is 1. The number of carbonyl (C=O) groups excluding carboxylic acids is 1. The van der Waals surface area contributed by atoms with Crippen LogP contribution < -0.4 is 10.6 Å². The van der Waals surface area contributed by atoms with E-state index in [2.05, 4.69) is 42.8 Å². The first-order valence-corrected chi connectivity index (χ1v) is 12.0. The van der Waals surface area contributed by atoms with Crippen LogP contribution in [-0.4, -0.2) is 57.7 Å². The fraction of sp³-hybridized carbons (Fsp3) is 0.480. The summed E-state index contributed by atoms with van der Waals surface area (Å²) in [7, 11) is 0. The van der Waals surface area contributed by atoms with E-state index in [9.17, 15) is 18.0 Å². The Kier molecular flexibility index (Phi) is 6.39. The third kappa shape index (κ3) is 5.27. The minimum Gasteiger partial charge on any atom is -0.359 e. The van der Waals surface area contributed by atoms with Crippen LogP contribution >= 0.6 is 0 Å². The van der Waals surface area contributed by atoms with Crippen LogP contribution in [0.15, 0.2) is 36.5 Å². The van der Waals surface area contributed by atoms with Gasteiger partial charge in [0.25, 0.3) is 0 Å². The third-order valence-electron chi connectivity index (χ3n) is 7.20. The predicted octanol–water partition coefficient (Wildman–Crippen LogP) is 4.22. The van der Waals surface area contributed by atoms with Crippen molar-refractivity contribution in [1.82, 2.24) is 25.4 Å². The van der Waals surface area contributed by atoms with Crippen LogP contribution in [-0.2, 0) is 11.0 Å². The van der Waals surface area contributed by atoms with Crippen molar-refractivity contribution in [3.05, 3.63) is 53.3 Å². The second-order valence-corrected chi connectivity index (χ2v) is 9.64. The highest BCUT2D eigenvalue weighted by atomic mass is 19.4. The lowest BCUT2D eigenvalue weighted by Crippen LogP contribution is -2.63. The number of amides is 1. The molecule has 2 fully saturated rings. The van der Waals surface area contributed by atoms with E-state index in [1.165, 1.54) is 11.6 Å². The molecular formula is C25H29F3N6O. The summed E-state index contributed by atoms with van der Waals surface area (Å²) in [6.07, 6.45) is 2.17. The maximum atomic E-state index is 13.0. The van der Waals surface area contributed by atoms with Crippen LogP contribution in [0.4, 0.5) is 19.0 Å². The van der Waals surface area contributed by atoms with Crippen LogP contribution in [0.5, 0.6) is 0 Å². The van der Waals surface area contributed by atoms with Crippen molar-refractivity contribution in [2.24, 2.45) is 0 Å². The van der Waals surface area contributed by atoms with E-state index < -0.39 is 11.7 Å². The van der Waals surface area contributed by atoms with Crippen molar-refractivity contribution in [2.45, 2.75) is 56.8 Å². The Labute approximate surface area is 201 Å². The molecule has 35 heavy (non-hydrogen) atoms. The number of fused-ring (bicyclic) bond motifs is 1. The molecule has 3 heterocycles. The highest BCUT2D eigenvalue weighted by Gasteiger charge is 2.35. The summed E-state index contributed by atoms with van der Waals surface area (Å²) in [5, 5.41) is 12.9. The van der Waals surface area contributed by atoms with E-state index in [1.807, 2.05) is 13.1 Å². The third-order valence-corrected chi connectivity index (χ3v) is 7.20. The lowest BCUT2D eigenvalue weighted by atomic mass is 9.81. The molecule has 2 aromatic heterocycles. The van der Waals surface area contributed by atoms with Crippen molar-refractivity contribution < 1.29 is 18.0 Å². The van der Waals surface area contributed by atoms with Gasteiger partial charge in [-0.05, 0) is 68.4 Å². The topological polar surface area (TPSA) is 85.9 Å². The molecule has 0 atom stereocenters. The number of anilines is 1. The van der Waals surface area contributed by atoms with Crippen molar-refractivity contribution in [3.8, 4) is 0 Å². The van der Waals surface area contributed by atoms with Crippen LogP contribution in [0.2, 0.25) is 0 Å². The number of halogens is 3. The Bertz CT molecular complexity index is 1180. The molecule has 0 radical (unpaired) electrons. The molecule has 1 aromatic carbocycles. The zero-order valence-corrected chi connectivity index (χ0v) is 19.5. The summed E-state index contributed by atoms with van der Waals surface area (Å²) >= 11 is 0. The van der Waals surface area contributed by atoms with E-state index in [0.717, 1.165) is 56.6 Å². The smallest absolute Gasteiger partial charge is 0.359 e. The molecule has 1 saturated carbocycles. The number of nitrogens with one attached hydrogen (secondary N) is 3. The summed E-state index contributed by atoms with van der Waals surface area (Å²) in [5.41, 5.74) is 2.09. The van der Waals surface area contributed by atoms with Gasteiger partial charge in [0.2, 0.25) is 5.91 Å². The molecule has 3 N–H and O–H groups in total. The molecule has 1 aliphatic heterocycles. The molecule has 0 spiro atoms. The van der Waals surface area contributed by atoms with Crippen LogP contribution in [0.25, 0.3) is 10.9 Å². The molecule has 186 valence electrons. The molecule has 3 aromatic rings. The number of likely N-dealkylation sites (tertiary alicyclic amines) is 1. The summed E-state index contributed by atoms with van der Waals surface area (Å²) in [4.78, 5) is 19.3. The van der Waals surface area contributed by atoms with Gasteiger partial charge in [-0.2, -0.15) is 18.3 Å². The number of nitrogens with zero attached hydrogens (tertiary/aromatic N) is 3. The summed E-state index contributed by atoms with van der Waals surface area (Å²) in [6, 6.07) is 8.29. The summed E-state index contributed by atoms with van der Waals surface area (Å²) in [6.45, 7) is 3.60. The van der Waals surface area contributed by atoms with E-state index in [4.69, 9.17) is 0 Å². The van der Waals surface area contributed by atoms with Gasteiger partial charge in [-0.3, -0.25) is 19.8 Å². The summed E-state index contributed by atoms with van der Waals surface area (Å²) in [5.74, 6) is 0.609. The zero-order chi connectivity index (χ0) is 24.6. The molecular weight excluding hydrogens is 457 g/mol. The Hall–Kier alpha value is -3.14. The van der Waals surface area contributed by atoms with Crippen LogP contribution in [0, 0.1) is 6.92 Å². The Balaban J connectivity index is 1.06. The highest BCUT2D eigenvalue weighted by Crippen LogP contribution is 2.36. The van der Waals surface area contributed by atoms with Gasteiger partial charge < -0.3 is 10.6 Å². The molecule has 1 aliphatic carbocycles. The van der Waals surface area contributed by atoms with Gasteiger partial charge in [-0.1, -0.05) is 6.07 Å². The fourth-order valence-electron chi connectivity index (χ4n) is 5.16. The Morgan fingerprint density at radius 1 is 1.14 bits per heavy atom. The Morgan fingerprint density at radius 3 is 2.60 bits per heavy atom. The summed E-state index contributed by atoms with van der Waals surface area (Å²) < 4.78 is 39.0. The quantitative estimate of drug-likeness (QED) is 0.486. The zero-order valence-electron chi connectivity index (χ0n) is 19.5. The molecule has 10 heteroatoms. The van der Waals surface area contributed by atoms with Gasteiger partial charge in [0, 0.05) is 36.4 Å². The SMILES string of the molecule is Cc1ccc(C2CCC(N3CC(NC(=O)CNc4n[nH]c5ccc(C(F)(F)F)cc45)C3)CC2)cn1. The number of aromatic amines is 1. The van der Waals surface area contributed by atoms with Gasteiger partial charge in [0.15, 0.2) is 5.82 Å². The molecule has 0 bridgehead atoms. The number of benzene rings is 1. The normalized spacial score (nSPS) is 21.6. The molecule has 5 rings (SSSR count). The van der Waals surface area contributed by atoms with Crippen molar-refractivity contribution in [3.63, 3.8) is 0 Å². The average Bonchev–Trinajstić information content (AvgIpc) is 3.22. The van der Waals surface area contributed by atoms with E-state index >= 15 is 0 Å². The lowest BCUT2D eigenvalue weighted by Gasteiger charge is -2.46. The van der Waals surface area contributed by atoms with E-state index in [1.54, 1.807) is 0 Å². The number of alkyl halides is 3.